The van der Waals surface area contributed by atoms with Gasteiger partial charge in [0, 0.05) is 11.9 Å². The van der Waals surface area contributed by atoms with Crippen LogP contribution in [0.25, 0.3) is 0 Å². The highest BCUT2D eigenvalue weighted by molar-refractivity contribution is 5.25. The Labute approximate surface area is 51.8 Å². The van der Waals surface area contributed by atoms with Crippen molar-refractivity contribution in [3.8, 4) is 0 Å². The second kappa shape index (κ2) is 1.43. The molecule has 1 aromatic rings. The third kappa shape index (κ3) is 0.575. The van der Waals surface area contributed by atoms with Gasteiger partial charge in [0.1, 0.15) is 0 Å². The minimum absolute atomic E-state index is 0.228. The number of hydrogen-bond donors (Lipinski definition) is 1. The van der Waals surface area contributed by atoms with Crippen LogP contribution in [0.3, 0.4) is 0 Å². The molecule has 0 saturated heterocycles. The van der Waals surface area contributed by atoms with Crippen LogP contribution in [0.4, 0.5) is 0 Å². The third-order valence-corrected chi connectivity index (χ3v) is 1.63. The Morgan fingerprint density at radius 3 is 2.89 bits per heavy atom. The van der Waals surface area contributed by atoms with Gasteiger partial charge in [-0.1, -0.05) is 0 Å². The summed E-state index contributed by atoms with van der Waals surface area (Å²) < 4.78 is 0. The molecular weight excluding hydrogens is 116 g/mol. The van der Waals surface area contributed by atoms with Crippen LogP contribution < -0.4 is 5.69 Å². The first-order valence-electron chi connectivity index (χ1n) is 2.93. The fourth-order valence-electron chi connectivity index (χ4n) is 0.977. The van der Waals surface area contributed by atoms with Gasteiger partial charge in [0.05, 0.1) is 0 Å². The lowest BCUT2D eigenvalue weighted by Gasteiger charge is -2.14. The molecule has 1 aromatic heterocycles. The van der Waals surface area contributed by atoms with Gasteiger partial charge >= 0.3 is 5.69 Å². The molecule has 0 unspecified atom stereocenters. The molecular formula is C6H6N2O. The predicted octanol–water partition coefficient (Wildman–Crippen LogP) is -0.131. The quantitative estimate of drug-likeness (QED) is 0.521. The summed E-state index contributed by atoms with van der Waals surface area (Å²) in [6.07, 6.45) is 3.73. The van der Waals surface area contributed by atoms with E-state index < -0.39 is 0 Å². The average molecular weight is 122 g/mol. The minimum Gasteiger partial charge on any atom is -0.310 e. The molecule has 2 rings (SSSR count). The summed E-state index contributed by atoms with van der Waals surface area (Å²) in [6, 6.07) is 0. The Bertz CT molecular complexity index is 289. The highest BCUT2D eigenvalue weighted by atomic mass is 16.1. The normalized spacial score (nSPS) is 14.2. The zero-order valence-corrected chi connectivity index (χ0v) is 4.85. The Morgan fingerprint density at radius 2 is 2.44 bits per heavy atom. The Balaban J connectivity index is 2.70. The number of nitrogens with one attached hydrogen (secondary N) is 1. The van der Waals surface area contributed by atoms with Crippen LogP contribution in [0.1, 0.15) is 11.3 Å². The number of rotatable bonds is 0. The summed E-state index contributed by atoms with van der Waals surface area (Å²) in [6.45, 7) is 0. The molecule has 0 atom stereocenters. The van der Waals surface area contributed by atoms with Crippen LogP contribution in [0.15, 0.2) is 11.0 Å². The van der Waals surface area contributed by atoms with Crippen LogP contribution in [-0.2, 0) is 12.8 Å². The minimum atomic E-state index is -0.228. The van der Waals surface area contributed by atoms with Crippen molar-refractivity contribution in [2.75, 3.05) is 0 Å². The maximum absolute atomic E-state index is 10.5. The summed E-state index contributed by atoms with van der Waals surface area (Å²) in [4.78, 5) is 16.7. The van der Waals surface area contributed by atoms with Gasteiger partial charge in [0.2, 0.25) is 0 Å². The van der Waals surface area contributed by atoms with Crippen molar-refractivity contribution in [3.63, 3.8) is 0 Å². The van der Waals surface area contributed by atoms with Crippen LogP contribution in [-0.4, -0.2) is 9.97 Å². The van der Waals surface area contributed by atoms with Crippen LogP contribution in [0, 0.1) is 0 Å². The molecule has 1 N–H and O–H groups in total. The SMILES string of the molecule is O=c1ncc2c([nH]1)CC2. The van der Waals surface area contributed by atoms with E-state index in [1.807, 2.05) is 0 Å². The van der Waals surface area contributed by atoms with Gasteiger partial charge in [-0.15, -0.1) is 0 Å². The summed E-state index contributed by atoms with van der Waals surface area (Å²) >= 11 is 0. The molecule has 1 aliphatic rings. The van der Waals surface area contributed by atoms with Crippen molar-refractivity contribution < 1.29 is 0 Å². The highest BCUT2D eigenvalue weighted by Gasteiger charge is 2.12. The number of aromatic nitrogens is 2. The Kier molecular flexibility index (Phi) is 0.754. The molecule has 0 bridgehead atoms. The Morgan fingerprint density at radius 1 is 1.56 bits per heavy atom. The summed E-state index contributed by atoms with van der Waals surface area (Å²) in [5.41, 5.74) is 2.03. The fourth-order valence-corrected chi connectivity index (χ4v) is 0.977. The first-order chi connectivity index (χ1) is 4.36. The number of nitrogens with zero attached hydrogens (tertiary/aromatic N) is 1. The zero-order chi connectivity index (χ0) is 6.27. The lowest BCUT2D eigenvalue weighted by atomic mass is 9.96. The summed E-state index contributed by atoms with van der Waals surface area (Å²) in [5.74, 6) is 0. The summed E-state index contributed by atoms with van der Waals surface area (Å²) in [7, 11) is 0. The molecule has 0 radical (unpaired) electrons. The topological polar surface area (TPSA) is 45.8 Å². The van der Waals surface area contributed by atoms with E-state index in [0.717, 1.165) is 18.5 Å². The number of H-pyrrole nitrogens is 1. The molecule has 1 heterocycles. The first-order valence-corrected chi connectivity index (χ1v) is 2.93. The van der Waals surface area contributed by atoms with Crippen LogP contribution in [0.2, 0.25) is 0 Å². The first kappa shape index (κ1) is 4.73. The van der Waals surface area contributed by atoms with E-state index in [0.29, 0.717) is 0 Å². The highest BCUT2D eigenvalue weighted by Crippen LogP contribution is 2.15. The van der Waals surface area contributed by atoms with Crippen molar-refractivity contribution in [1.29, 1.82) is 0 Å². The monoisotopic (exact) mass is 122 g/mol. The molecule has 0 fully saturated rings. The van der Waals surface area contributed by atoms with Gasteiger partial charge in [-0.3, -0.25) is 0 Å². The smallest absolute Gasteiger partial charge is 0.310 e. The number of aromatic amines is 1. The van der Waals surface area contributed by atoms with E-state index in [1.54, 1.807) is 6.20 Å². The molecule has 9 heavy (non-hydrogen) atoms. The van der Waals surface area contributed by atoms with Crippen molar-refractivity contribution in [1.82, 2.24) is 9.97 Å². The number of hydrogen-bond acceptors (Lipinski definition) is 2. The van der Waals surface area contributed by atoms with E-state index in [4.69, 9.17) is 0 Å². The van der Waals surface area contributed by atoms with Crippen LogP contribution >= 0.6 is 0 Å². The van der Waals surface area contributed by atoms with Crippen molar-refractivity contribution in [3.05, 3.63) is 27.9 Å². The molecule has 0 spiro atoms. The Hall–Kier alpha value is -1.12. The van der Waals surface area contributed by atoms with Gasteiger partial charge in [-0.05, 0) is 18.4 Å². The maximum Gasteiger partial charge on any atom is 0.345 e. The van der Waals surface area contributed by atoms with E-state index >= 15 is 0 Å². The molecule has 0 saturated carbocycles. The molecule has 0 amide bonds. The van der Waals surface area contributed by atoms with Crippen molar-refractivity contribution >= 4 is 0 Å². The average Bonchev–Trinajstić information content (AvgIpc) is 1.78. The van der Waals surface area contributed by atoms with Gasteiger partial charge in [-0.25, -0.2) is 9.78 Å². The van der Waals surface area contributed by atoms with E-state index in [9.17, 15) is 4.79 Å². The predicted molar refractivity (Wildman–Crippen MR) is 32.3 cm³/mol. The van der Waals surface area contributed by atoms with E-state index in [1.165, 1.54) is 5.56 Å². The molecule has 1 aliphatic carbocycles. The third-order valence-electron chi connectivity index (χ3n) is 1.63. The molecule has 0 aliphatic heterocycles. The van der Waals surface area contributed by atoms with E-state index in [2.05, 4.69) is 9.97 Å². The largest absolute Gasteiger partial charge is 0.345 e. The molecule has 3 nitrogen and oxygen atoms in total. The van der Waals surface area contributed by atoms with Crippen LogP contribution in [0.5, 0.6) is 0 Å². The fraction of sp³-hybridized carbons (Fsp3) is 0.333. The van der Waals surface area contributed by atoms with Crippen molar-refractivity contribution in [2.45, 2.75) is 12.8 Å². The van der Waals surface area contributed by atoms with E-state index in [-0.39, 0.29) is 5.69 Å². The molecule has 3 heteroatoms. The lowest BCUT2D eigenvalue weighted by Crippen LogP contribution is -2.20. The standard InChI is InChI=1S/C6H6N2O/c9-6-7-3-4-1-2-5(4)8-6/h3H,1-2H2,(H,7,8,9). The maximum atomic E-state index is 10.5. The summed E-state index contributed by atoms with van der Waals surface area (Å²) in [5, 5.41) is 0. The second-order valence-corrected chi connectivity index (χ2v) is 2.19. The second-order valence-electron chi connectivity index (χ2n) is 2.19. The van der Waals surface area contributed by atoms with Gasteiger partial charge in [0.25, 0.3) is 0 Å². The zero-order valence-electron chi connectivity index (χ0n) is 4.85. The van der Waals surface area contributed by atoms with Gasteiger partial charge in [0.15, 0.2) is 0 Å². The number of aryl methyl sites for hydroxylation is 2. The van der Waals surface area contributed by atoms with Crippen molar-refractivity contribution in [2.24, 2.45) is 0 Å². The van der Waals surface area contributed by atoms with Gasteiger partial charge in [-0.2, -0.15) is 0 Å². The molecule has 0 aromatic carbocycles. The number of fused-ring (bicyclic) bond motifs is 1. The lowest BCUT2D eigenvalue weighted by molar-refractivity contribution is 0.757. The van der Waals surface area contributed by atoms with Gasteiger partial charge < -0.3 is 4.98 Å². The molecule has 46 valence electrons.